The van der Waals surface area contributed by atoms with Crippen LogP contribution in [-0.4, -0.2) is 48.5 Å². The van der Waals surface area contributed by atoms with Crippen LogP contribution in [0.15, 0.2) is 16.9 Å². The molecule has 1 rings (SSSR count). The summed E-state index contributed by atoms with van der Waals surface area (Å²) in [7, 11) is 1.89. The molecule has 106 valence electrons. The number of nitrogens with zero attached hydrogens (tertiary/aromatic N) is 3. The summed E-state index contributed by atoms with van der Waals surface area (Å²) < 4.78 is 0. The molecule has 19 heavy (non-hydrogen) atoms. The number of nitrogens with one attached hydrogen (secondary N) is 2. The van der Waals surface area contributed by atoms with E-state index < -0.39 is 0 Å². The molecule has 0 aromatic heterocycles. The molecule has 1 aliphatic rings. The Morgan fingerprint density at radius 3 is 2.74 bits per heavy atom. The molecule has 0 unspecified atom stereocenters. The molecule has 1 heterocycles. The lowest BCUT2D eigenvalue weighted by molar-refractivity contribution is -0.138. The van der Waals surface area contributed by atoms with Gasteiger partial charge in [-0.15, -0.1) is 0 Å². The van der Waals surface area contributed by atoms with E-state index in [2.05, 4.69) is 17.2 Å². The largest absolute Gasteiger partial charge is 0.295 e. The van der Waals surface area contributed by atoms with Crippen LogP contribution in [0.1, 0.15) is 32.6 Å². The molecule has 0 bridgehead atoms. The maximum absolute atomic E-state index is 12.3. The Morgan fingerprint density at radius 2 is 2.11 bits per heavy atom. The number of allylic oxidation sites excluding steroid dienone is 1. The van der Waals surface area contributed by atoms with E-state index in [4.69, 9.17) is 5.41 Å². The van der Waals surface area contributed by atoms with Crippen LogP contribution >= 0.6 is 0 Å². The number of hydrazine groups is 1. The van der Waals surface area contributed by atoms with Crippen molar-refractivity contribution < 1.29 is 4.79 Å². The van der Waals surface area contributed by atoms with Crippen molar-refractivity contribution in [2.45, 2.75) is 32.6 Å². The highest BCUT2D eigenvalue weighted by molar-refractivity contribution is 6.41. The van der Waals surface area contributed by atoms with Gasteiger partial charge < -0.3 is 0 Å². The first-order valence-corrected chi connectivity index (χ1v) is 6.64. The summed E-state index contributed by atoms with van der Waals surface area (Å²) >= 11 is 0. The van der Waals surface area contributed by atoms with E-state index in [0.717, 1.165) is 25.8 Å². The monoisotopic (exact) mass is 265 g/mol. The van der Waals surface area contributed by atoms with Crippen LogP contribution < -0.4 is 5.43 Å². The third-order valence-electron chi connectivity index (χ3n) is 3.15. The molecule has 0 saturated carbocycles. The van der Waals surface area contributed by atoms with Gasteiger partial charge in [0.2, 0.25) is 0 Å². The summed E-state index contributed by atoms with van der Waals surface area (Å²) in [5.41, 5.74) is 3.38. The van der Waals surface area contributed by atoms with E-state index in [1.165, 1.54) is 6.08 Å². The standard InChI is InChI=1S/C13H23N5O/c1-4-11(16-15-2)10-12(14)13(19)18-9-7-5-6-8-17(18)3/h10,14,16H,2,4-9H2,1,3H3/b11-10-,14-12?. The van der Waals surface area contributed by atoms with E-state index >= 15 is 0 Å². The van der Waals surface area contributed by atoms with Crippen LogP contribution in [0.3, 0.4) is 0 Å². The highest BCUT2D eigenvalue weighted by Gasteiger charge is 2.22. The van der Waals surface area contributed by atoms with Crippen LogP contribution in [0.2, 0.25) is 0 Å². The van der Waals surface area contributed by atoms with Crippen molar-refractivity contribution in [3.05, 3.63) is 11.8 Å². The lowest BCUT2D eigenvalue weighted by Gasteiger charge is -2.29. The van der Waals surface area contributed by atoms with Crippen molar-refractivity contribution in [2.24, 2.45) is 5.10 Å². The van der Waals surface area contributed by atoms with Gasteiger partial charge in [0.1, 0.15) is 5.71 Å². The van der Waals surface area contributed by atoms with Gasteiger partial charge in [-0.3, -0.25) is 20.6 Å². The van der Waals surface area contributed by atoms with Gasteiger partial charge in [-0.25, -0.2) is 5.01 Å². The number of rotatable bonds is 5. The minimum absolute atomic E-state index is 0.0262. The van der Waals surface area contributed by atoms with Crippen LogP contribution in [0.4, 0.5) is 0 Å². The Labute approximate surface area is 114 Å². The Hall–Kier alpha value is -1.69. The second kappa shape index (κ2) is 7.68. The lowest BCUT2D eigenvalue weighted by Crippen LogP contribution is -2.46. The maximum Gasteiger partial charge on any atom is 0.286 e. The predicted molar refractivity (Wildman–Crippen MR) is 77.0 cm³/mol. The van der Waals surface area contributed by atoms with Crippen LogP contribution in [0, 0.1) is 5.41 Å². The van der Waals surface area contributed by atoms with E-state index in [9.17, 15) is 4.79 Å². The molecule has 1 amide bonds. The van der Waals surface area contributed by atoms with Gasteiger partial charge in [-0.05, 0) is 25.3 Å². The minimum Gasteiger partial charge on any atom is -0.295 e. The normalized spacial score (nSPS) is 17.8. The summed E-state index contributed by atoms with van der Waals surface area (Å²) in [4.78, 5) is 12.3. The van der Waals surface area contributed by atoms with Crippen molar-refractivity contribution in [3.63, 3.8) is 0 Å². The van der Waals surface area contributed by atoms with E-state index in [1.807, 2.05) is 19.0 Å². The number of carbonyl (C=O) groups excluding carboxylic acids is 1. The third-order valence-corrected chi connectivity index (χ3v) is 3.15. The average Bonchev–Trinajstić information content (AvgIpc) is 2.61. The summed E-state index contributed by atoms with van der Waals surface area (Å²) in [6, 6.07) is 0. The van der Waals surface area contributed by atoms with Gasteiger partial charge >= 0.3 is 0 Å². The zero-order valence-electron chi connectivity index (χ0n) is 11.8. The maximum atomic E-state index is 12.3. The highest BCUT2D eigenvalue weighted by atomic mass is 16.2. The number of hydrogen-bond donors (Lipinski definition) is 2. The second-order valence-electron chi connectivity index (χ2n) is 4.58. The van der Waals surface area contributed by atoms with Crippen molar-refractivity contribution in [1.29, 1.82) is 5.41 Å². The molecule has 0 radical (unpaired) electrons. The van der Waals surface area contributed by atoms with Gasteiger partial charge in [0, 0.05) is 32.6 Å². The fourth-order valence-corrected chi connectivity index (χ4v) is 2.02. The summed E-state index contributed by atoms with van der Waals surface area (Å²) in [5.74, 6) is -0.263. The molecule has 0 aromatic carbocycles. The molecule has 0 aliphatic carbocycles. The Morgan fingerprint density at radius 1 is 1.42 bits per heavy atom. The van der Waals surface area contributed by atoms with Crippen molar-refractivity contribution in [2.75, 3.05) is 20.1 Å². The van der Waals surface area contributed by atoms with Gasteiger partial charge in [0.05, 0.1) is 0 Å². The summed E-state index contributed by atoms with van der Waals surface area (Å²) in [6.45, 7) is 6.81. The molecule has 1 saturated heterocycles. The van der Waals surface area contributed by atoms with Crippen LogP contribution in [-0.2, 0) is 4.79 Å². The first kappa shape index (κ1) is 15.4. The number of hydrogen-bond acceptors (Lipinski definition) is 5. The third kappa shape index (κ3) is 4.48. The highest BCUT2D eigenvalue weighted by Crippen LogP contribution is 2.10. The first-order valence-electron chi connectivity index (χ1n) is 6.64. The Kier molecular flexibility index (Phi) is 6.21. The smallest absolute Gasteiger partial charge is 0.286 e. The predicted octanol–water partition coefficient (Wildman–Crippen LogP) is 1.36. The molecule has 1 fully saturated rings. The van der Waals surface area contributed by atoms with E-state index in [-0.39, 0.29) is 11.6 Å². The van der Waals surface area contributed by atoms with Crippen molar-refractivity contribution in [1.82, 2.24) is 15.4 Å². The summed E-state index contributed by atoms with van der Waals surface area (Å²) in [5, 5.41) is 15.0. The van der Waals surface area contributed by atoms with Crippen LogP contribution in [0.5, 0.6) is 0 Å². The molecule has 6 heteroatoms. The van der Waals surface area contributed by atoms with E-state index in [1.54, 1.807) is 5.01 Å². The molecule has 1 aliphatic heterocycles. The molecule has 0 spiro atoms. The molecular formula is C13H23N5O. The second-order valence-corrected chi connectivity index (χ2v) is 4.58. The number of carbonyl (C=O) groups is 1. The molecule has 2 N–H and O–H groups in total. The minimum atomic E-state index is -0.263. The Bertz CT molecular complexity index is 377. The Balaban J connectivity index is 2.74. The fourth-order valence-electron chi connectivity index (χ4n) is 2.02. The van der Waals surface area contributed by atoms with Crippen molar-refractivity contribution in [3.8, 4) is 0 Å². The summed E-state index contributed by atoms with van der Waals surface area (Å²) in [6.07, 6.45) is 5.39. The van der Waals surface area contributed by atoms with E-state index in [0.29, 0.717) is 18.7 Å². The lowest BCUT2D eigenvalue weighted by atomic mass is 10.2. The zero-order chi connectivity index (χ0) is 14.3. The van der Waals surface area contributed by atoms with Gasteiger partial charge in [-0.1, -0.05) is 13.3 Å². The van der Waals surface area contributed by atoms with Crippen LogP contribution in [0.25, 0.3) is 0 Å². The fraction of sp³-hybridized carbons (Fsp3) is 0.615. The van der Waals surface area contributed by atoms with Crippen molar-refractivity contribution >= 4 is 18.3 Å². The first-order chi connectivity index (χ1) is 9.10. The molecular weight excluding hydrogens is 242 g/mol. The quantitative estimate of drug-likeness (QED) is 0.582. The molecule has 6 nitrogen and oxygen atoms in total. The average molecular weight is 265 g/mol. The van der Waals surface area contributed by atoms with Gasteiger partial charge in [-0.2, -0.15) is 5.10 Å². The zero-order valence-corrected chi connectivity index (χ0v) is 11.8. The van der Waals surface area contributed by atoms with Gasteiger partial charge in [0.15, 0.2) is 0 Å². The number of hydrazone groups is 1. The van der Waals surface area contributed by atoms with Gasteiger partial charge in [0.25, 0.3) is 5.91 Å². The number of amides is 1. The SMILES string of the molecule is C=NN/C(=C\C(=N)C(=O)N1CCCCCN1C)CC. The topological polar surface area (TPSA) is 71.8 Å². The molecule has 0 aromatic rings. The molecule has 0 atom stereocenters.